The molecular weight excluding hydrogens is 437 g/mol. The molecule has 1 unspecified atom stereocenters. The summed E-state index contributed by atoms with van der Waals surface area (Å²) in [5.74, 6) is 2.40. The first kappa shape index (κ1) is 22.5. The maximum Gasteiger partial charge on any atom is 0.192 e. The van der Waals surface area contributed by atoms with Gasteiger partial charge < -0.3 is 15.2 Å². The highest BCUT2D eigenvalue weighted by atomic mass is 127. The first-order valence-corrected chi connectivity index (χ1v) is 9.11. The standard InChI is InChI=1S/C20H31N5.HI/c1-6-21-20(24-17(5)18-10-8-7-9-16(18)4)23-13-19-22-11-12-25(19)14-15(2)3;/h7-12,15,17H,6,13-14H2,1-5H3,(H2,21,23,24);1H. The van der Waals surface area contributed by atoms with Gasteiger partial charge in [-0.05, 0) is 37.8 Å². The molecule has 0 aliphatic rings. The number of hydrogen-bond donors (Lipinski definition) is 2. The lowest BCUT2D eigenvalue weighted by Crippen LogP contribution is -2.39. The van der Waals surface area contributed by atoms with E-state index in [1.165, 1.54) is 11.1 Å². The Bertz CT molecular complexity index is 693. The number of benzene rings is 1. The third kappa shape index (κ3) is 6.63. The minimum atomic E-state index is 0. The van der Waals surface area contributed by atoms with Crippen LogP contribution in [0.25, 0.3) is 0 Å². The minimum Gasteiger partial charge on any atom is -0.357 e. The van der Waals surface area contributed by atoms with E-state index in [4.69, 9.17) is 4.99 Å². The van der Waals surface area contributed by atoms with E-state index < -0.39 is 0 Å². The summed E-state index contributed by atoms with van der Waals surface area (Å²) >= 11 is 0. The summed E-state index contributed by atoms with van der Waals surface area (Å²) in [6, 6.07) is 8.63. The van der Waals surface area contributed by atoms with Gasteiger partial charge in [-0.3, -0.25) is 0 Å². The summed E-state index contributed by atoms with van der Waals surface area (Å²) in [6.45, 7) is 13.2. The van der Waals surface area contributed by atoms with E-state index >= 15 is 0 Å². The SMILES string of the molecule is CCNC(=NCc1nccn1CC(C)C)NC(C)c1ccccc1C.I. The average Bonchev–Trinajstić information content (AvgIpc) is 2.99. The number of rotatable bonds is 7. The van der Waals surface area contributed by atoms with Crippen molar-refractivity contribution in [1.29, 1.82) is 0 Å². The highest BCUT2D eigenvalue weighted by Crippen LogP contribution is 2.16. The van der Waals surface area contributed by atoms with Crippen LogP contribution in [0.5, 0.6) is 0 Å². The Morgan fingerprint density at radius 2 is 1.96 bits per heavy atom. The van der Waals surface area contributed by atoms with E-state index in [1.54, 1.807) is 0 Å². The number of hydrogen-bond acceptors (Lipinski definition) is 2. The number of imidazole rings is 1. The molecule has 2 rings (SSSR count). The van der Waals surface area contributed by atoms with Gasteiger partial charge in [0.05, 0.1) is 6.04 Å². The lowest BCUT2D eigenvalue weighted by molar-refractivity contribution is 0.507. The third-order valence-corrected chi connectivity index (χ3v) is 4.09. The average molecular weight is 469 g/mol. The van der Waals surface area contributed by atoms with Gasteiger partial charge in [0.25, 0.3) is 0 Å². The van der Waals surface area contributed by atoms with Crippen LogP contribution in [0.3, 0.4) is 0 Å². The monoisotopic (exact) mass is 469 g/mol. The molecule has 144 valence electrons. The van der Waals surface area contributed by atoms with Gasteiger partial charge in [0.2, 0.25) is 0 Å². The zero-order valence-electron chi connectivity index (χ0n) is 16.5. The van der Waals surface area contributed by atoms with Crippen molar-refractivity contribution in [2.75, 3.05) is 6.54 Å². The predicted octanol–water partition coefficient (Wildman–Crippen LogP) is 4.28. The first-order valence-electron chi connectivity index (χ1n) is 9.11. The first-order chi connectivity index (χ1) is 12.0. The zero-order chi connectivity index (χ0) is 18.2. The number of aromatic nitrogens is 2. The summed E-state index contributed by atoms with van der Waals surface area (Å²) in [5, 5.41) is 6.83. The molecule has 1 aromatic heterocycles. The van der Waals surface area contributed by atoms with E-state index in [2.05, 4.69) is 79.1 Å². The zero-order valence-corrected chi connectivity index (χ0v) is 18.8. The fourth-order valence-electron chi connectivity index (χ4n) is 2.88. The van der Waals surface area contributed by atoms with E-state index in [0.717, 1.165) is 24.9 Å². The number of halogens is 1. The van der Waals surface area contributed by atoms with E-state index in [0.29, 0.717) is 12.5 Å². The molecule has 0 saturated carbocycles. The van der Waals surface area contributed by atoms with Crippen molar-refractivity contribution >= 4 is 29.9 Å². The molecule has 0 amide bonds. The van der Waals surface area contributed by atoms with Crippen LogP contribution in [-0.2, 0) is 13.1 Å². The van der Waals surface area contributed by atoms with Gasteiger partial charge >= 0.3 is 0 Å². The molecule has 0 spiro atoms. The van der Waals surface area contributed by atoms with Crippen LogP contribution in [0, 0.1) is 12.8 Å². The van der Waals surface area contributed by atoms with Crippen LogP contribution in [0.2, 0.25) is 0 Å². The third-order valence-electron chi connectivity index (χ3n) is 4.09. The second-order valence-electron chi connectivity index (χ2n) is 6.81. The van der Waals surface area contributed by atoms with Crippen molar-refractivity contribution in [2.45, 2.75) is 53.8 Å². The summed E-state index contributed by atoms with van der Waals surface area (Å²) in [6.07, 6.45) is 3.88. The van der Waals surface area contributed by atoms with Crippen LogP contribution in [0.4, 0.5) is 0 Å². The number of nitrogens with one attached hydrogen (secondary N) is 2. The molecule has 1 heterocycles. The van der Waals surface area contributed by atoms with Crippen LogP contribution < -0.4 is 10.6 Å². The van der Waals surface area contributed by atoms with Crippen molar-refractivity contribution in [3.8, 4) is 0 Å². The van der Waals surface area contributed by atoms with Gasteiger partial charge in [-0.2, -0.15) is 0 Å². The van der Waals surface area contributed by atoms with Crippen LogP contribution >= 0.6 is 24.0 Å². The topological polar surface area (TPSA) is 54.2 Å². The number of aliphatic imine (C=N–C) groups is 1. The Balaban J connectivity index is 0.00000338. The summed E-state index contributed by atoms with van der Waals surface area (Å²) in [5.41, 5.74) is 2.57. The molecule has 0 bridgehead atoms. The van der Waals surface area contributed by atoms with Crippen LogP contribution in [-0.4, -0.2) is 22.1 Å². The molecule has 5 nitrogen and oxygen atoms in total. The normalized spacial score (nSPS) is 12.6. The molecule has 0 fully saturated rings. The van der Waals surface area contributed by atoms with E-state index in [9.17, 15) is 0 Å². The second-order valence-corrected chi connectivity index (χ2v) is 6.81. The van der Waals surface area contributed by atoms with Crippen molar-refractivity contribution < 1.29 is 0 Å². The molecule has 1 atom stereocenters. The predicted molar refractivity (Wildman–Crippen MR) is 120 cm³/mol. The fraction of sp³-hybridized carbons (Fsp3) is 0.500. The molecule has 1 aromatic carbocycles. The van der Waals surface area contributed by atoms with Crippen molar-refractivity contribution in [1.82, 2.24) is 20.2 Å². The van der Waals surface area contributed by atoms with Crippen molar-refractivity contribution in [2.24, 2.45) is 10.9 Å². The summed E-state index contributed by atoms with van der Waals surface area (Å²) in [4.78, 5) is 9.18. The van der Waals surface area contributed by atoms with E-state index in [-0.39, 0.29) is 30.0 Å². The fourth-order valence-corrected chi connectivity index (χ4v) is 2.88. The van der Waals surface area contributed by atoms with Gasteiger partial charge in [0.1, 0.15) is 12.4 Å². The molecule has 0 saturated heterocycles. The van der Waals surface area contributed by atoms with Gasteiger partial charge in [0, 0.05) is 25.5 Å². The molecule has 2 aromatic rings. The van der Waals surface area contributed by atoms with Gasteiger partial charge in [0.15, 0.2) is 5.96 Å². The lowest BCUT2D eigenvalue weighted by Gasteiger charge is -2.20. The number of guanidine groups is 1. The largest absolute Gasteiger partial charge is 0.357 e. The van der Waals surface area contributed by atoms with Gasteiger partial charge in [-0.25, -0.2) is 9.98 Å². The lowest BCUT2D eigenvalue weighted by atomic mass is 10.0. The Morgan fingerprint density at radius 1 is 1.23 bits per heavy atom. The number of nitrogens with zero attached hydrogens (tertiary/aromatic N) is 3. The molecule has 2 N–H and O–H groups in total. The van der Waals surface area contributed by atoms with Gasteiger partial charge in [-0.15, -0.1) is 24.0 Å². The smallest absolute Gasteiger partial charge is 0.192 e. The highest BCUT2D eigenvalue weighted by molar-refractivity contribution is 14.0. The minimum absolute atomic E-state index is 0. The quantitative estimate of drug-likeness (QED) is 0.362. The molecule has 0 aliphatic heterocycles. The van der Waals surface area contributed by atoms with Crippen LogP contribution in [0.15, 0.2) is 41.7 Å². The summed E-state index contributed by atoms with van der Waals surface area (Å²) < 4.78 is 2.18. The maximum atomic E-state index is 4.73. The van der Waals surface area contributed by atoms with Gasteiger partial charge in [-0.1, -0.05) is 38.1 Å². The Morgan fingerprint density at radius 3 is 2.62 bits per heavy atom. The molecular formula is C20H32IN5. The Hall–Kier alpha value is -1.57. The maximum absolute atomic E-state index is 4.73. The highest BCUT2D eigenvalue weighted by Gasteiger charge is 2.10. The van der Waals surface area contributed by atoms with Crippen molar-refractivity contribution in [3.05, 3.63) is 53.6 Å². The number of aryl methyl sites for hydroxylation is 1. The second kappa shape index (κ2) is 11.2. The molecule has 0 radical (unpaired) electrons. The Kier molecular flexibility index (Phi) is 9.69. The molecule has 6 heteroatoms. The van der Waals surface area contributed by atoms with Crippen molar-refractivity contribution in [3.63, 3.8) is 0 Å². The molecule has 26 heavy (non-hydrogen) atoms. The summed E-state index contributed by atoms with van der Waals surface area (Å²) in [7, 11) is 0. The Labute approximate surface area is 174 Å². The van der Waals surface area contributed by atoms with Crippen LogP contribution in [0.1, 0.15) is 50.7 Å². The molecule has 0 aliphatic carbocycles. The van der Waals surface area contributed by atoms with E-state index in [1.807, 2.05) is 12.4 Å².